The summed E-state index contributed by atoms with van der Waals surface area (Å²) < 4.78 is 13.3. The minimum absolute atomic E-state index is 0.519. The summed E-state index contributed by atoms with van der Waals surface area (Å²) in [5.41, 5.74) is 24.6. The molecule has 12 aromatic heterocycles. The molecule has 0 unspecified atom stereocenters. The number of para-hydroxylation sites is 7. The van der Waals surface area contributed by atoms with Gasteiger partial charge in [-0.3, -0.25) is 13.7 Å². The fraction of sp³-hybridized carbons (Fsp3) is 0. The smallest absolute Gasteiger partial charge is 0.240 e. The summed E-state index contributed by atoms with van der Waals surface area (Å²) in [6, 6.07) is 151. The lowest BCUT2D eigenvalue weighted by Crippen LogP contribution is -2.07. The van der Waals surface area contributed by atoms with E-state index in [1.807, 2.05) is 164 Å². The summed E-state index contributed by atoms with van der Waals surface area (Å²) in [6.45, 7) is 0. The molecular weight excluding hydrogens is 1670 g/mol. The summed E-state index contributed by atoms with van der Waals surface area (Å²) in [6.07, 6.45) is 5.50. The summed E-state index contributed by atoms with van der Waals surface area (Å²) in [5.74, 6) is 4.08. The van der Waals surface area contributed by atoms with Crippen molar-refractivity contribution in [2.45, 2.75) is 0 Å². The molecular formula is C119H75N17. The van der Waals surface area contributed by atoms with Gasteiger partial charge in [-0.15, -0.1) is 0 Å². The van der Waals surface area contributed by atoms with Crippen LogP contribution in [0, 0.1) is 0 Å². The lowest BCUT2D eigenvalue weighted by molar-refractivity contribution is 0.944. The van der Waals surface area contributed by atoms with Gasteiger partial charge in [0.15, 0.2) is 23.3 Å². The van der Waals surface area contributed by atoms with E-state index in [0.717, 1.165) is 177 Å². The van der Waals surface area contributed by atoms with E-state index in [-0.39, 0.29) is 0 Å². The van der Waals surface area contributed by atoms with Gasteiger partial charge in [0.2, 0.25) is 17.8 Å². The topological polar surface area (TPSA) is 171 Å². The van der Waals surface area contributed by atoms with Crippen molar-refractivity contribution in [2.24, 2.45) is 0 Å². The van der Waals surface area contributed by atoms with Crippen molar-refractivity contribution in [3.8, 4) is 103 Å². The van der Waals surface area contributed by atoms with Crippen LogP contribution in [-0.4, -0.2) is 82.2 Å². The molecule has 136 heavy (non-hydrogen) atoms. The third-order valence-electron chi connectivity index (χ3n) is 25.8. The van der Waals surface area contributed by atoms with Gasteiger partial charge in [-0.05, 0) is 145 Å². The van der Waals surface area contributed by atoms with Crippen LogP contribution in [0.4, 0.5) is 0 Å². The van der Waals surface area contributed by atoms with Crippen LogP contribution in [0.5, 0.6) is 0 Å². The first kappa shape index (κ1) is 78.2. The molecule has 17 nitrogen and oxygen atoms in total. The van der Waals surface area contributed by atoms with Crippen LogP contribution in [0.25, 0.3) is 245 Å². The molecule has 636 valence electrons. The minimum atomic E-state index is 0.519. The molecule has 0 radical (unpaired) electrons. The Labute approximate surface area is 777 Å². The second kappa shape index (κ2) is 32.6. The number of nitrogens with zero attached hydrogens (tertiary/aromatic N) is 17. The van der Waals surface area contributed by atoms with Crippen molar-refractivity contribution in [2.75, 3.05) is 0 Å². The summed E-state index contributed by atoms with van der Waals surface area (Å²) in [4.78, 5) is 55.3. The van der Waals surface area contributed by atoms with E-state index in [9.17, 15) is 0 Å². The van der Waals surface area contributed by atoms with Crippen molar-refractivity contribution in [1.82, 2.24) is 82.2 Å². The van der Waals surface area contributed by atoms with E-state index in [1.165, 1.54) is 27.1 Å². The highest BCUT2D eigenvalue weighted by Crippen LogP contribution is 2.45. The van der Waals surface area contributed by atoms with Crippen LogP contribution in [0.1, 0.15) is 0 Å². The monoisotopic (exact) mass is 1740 g/mol. The van der Waals surface area contributed by atoms with Crippen molar-refractivity contribution in [3.63, 3.8) is 0 Å². The maximum atomic E-state index is 5.22. The van der Waals surface area contributed by atoms with Crippen molar-refractivity contribution < 1.29 is 0 Å². The number of hydrogen-bond donors (Lipinski definition) is 0. The van der Waals surface area contributed by atoms with Gasteiger partial charge in [0, 0.05) is 133 Å². The maximum absolute atomic E-state index is 5.22. The Bertz CT molecular complexity index is 9460. The molecule has 0 aliphatic rings. The number of aromatic nitrogens is 17. The first-order chi connectivity index (χ1) is 67.5. The van der Waals surface area contributed by atoms with Gasteiger partial charge < -0.3 is 13.7 Å². The molecule has 17 heteroatoms. The van der Waals surface area contributed by atoms with Crippen LogP contribution in [-0.2, 0) is 0 Å². The van der Waals surface area contributed by atoms with Gasteiger partial charge in [-0.25, -0.2) is 34.9 Å². The molecule has 0 fully saturated rings. The second-order valence-corrected chi connectivity index (χ2v) is 33.7. The zero-order valence-corrected chi connectivity index (χ0v) is 72.9. The molecule has 0 saturated carbocycles. The van der Waals surface area contributed by atoms with Crippen LogP contribution in [0.15, 0.2) is 455 Å². The van der Waals surface area contributed by atoms with Crippen LogP contribution in [0.2, 0.25) is 0 Å². The minimum Gasteiger partial charge on any atom is -0.309 e. The second-order valence-electron chi connectivity index (χ2n) is 33.7. The quantitative estimate of drug-likeness (QED) is 0.114. The largest absolute Gasteiger partial charge is 0.309 e. The van der Waals surface area contributed by atoms with E-state index in [1.54, 1.807) is 0 Å². The average molecular weight is 1740 g/mol. The lowest BCUT2D eigenvalue weighted by Gasteiger charge is -2.11. The lowest BCUT2D eigenvalue weighted by atomic mass is 10.0. The fourth-order valence-electron chi connectivity index (χ4n) is 19.7. The van der Waals surface area contributed by atoms with Crippen LogP contribution in [0.3, 0.4) is 0 Å². The van der Waals surface area contributed by atoms with Gasteiger partial charge in [0.05, 0.1) is 60.9 Å². The van der Waals surface area contributed by atoms with E-state index in [2.05, 4.69) is 319 Å². The number of benzene rings is 16. The highest BCUT2D eigenvalue weighted by Gasteiger charge is 2.28. The molecule has 0 aliphatic heterocycles. The molecule has 0 N–H and O–H groups in total. The van der Waals surface area contributed by atoms with E-state index in [0.29, 0.717) is 41.1 Å². The molecule has 0 atom stereocenters. The predicted molar refractivity (Wildman–Crippen MR) is 551 cm³/mol. The first-order valence-corrected chi connectivity index (χ1v) is 45.3. The molecule has 0 aliphatic carbocycles. The summed E-state index contributed by atoms with van der Waals surface area (Å²) in [7, 11) is 0. The Balaban J connectivity index is 0.000000106. The van der Waals surface area contributed by atoms with Crippen LogP contribution >= 0.6 is 0 Å². The summed E-state index contributed by atoms with van der Waals surface area (Å²) in [5, 5.41) is 14.5. The highest BCUT2D eigenvalue weighted by atomic mass is 15.2. The Hall–Kier alpha value is -18.9. The zero-order chi connectivity index (χ0) is 89.7. The van der Waals surface area contributed by atoms with Gasteiger partial charge >= 0.3 is 0 Å². The van der Waals surface area contributed by atoms with Crippen LogP contribution < -0.4 is 0 Å². The Morgan fingerprint density at radius 2 is 0.390 bits per heavy atom. The van der Waals surface area contributed by atoms with E-state index >= 15 is 0 Å². The zero-order valence-electron chi connectivity index (χ0n) is 72.9. The standard InChI is InChI=1S/C44H28N6.C38H24N6.C37H23N5/c1-4-13-29(14-5-1)30-22-24-32(25-23-30)42-46-41(31-15-6-2-7-16-31)47-44(48-42)50-40-27-36-34-19-10-11-21-38(34)49(33-17-8-3-9-18-33)39(36)28-37(40)35-20-12-26-45-43(35)50;1-4-13-25(14-5-1)35-40-36(26-15-6-2-7-16-26)42-38(41-35)44-34-23-30-28-19-10-11-21-32(28)43(27-17-8-3-9-18-27)33(30)24-31(34)29-20-12-22-39-37(29)44;1-3-12-24(13-4-1)35-28-17-7-9-19-31(28)39-37(40-35)42-34-22-29-26-16-8-10-20-32(26)41(25-14-5-2-6-15-25)33(29)23-30(34)27-18-11-21-38-36(27)42/h1-28H;1-24H;1-23H. The van der Waals surface area contributed by atoms with Gasteiger partial charge in [-0.1, -0.05) is 303 Å². The molecule has 0 bridgehead atoms. The molecule has 0 saturated heterocycles. The number of rotatable bonds is 12. The molecule has 0 spiro atoms. The van der Waals surface area contributed by atoms with E-state index < -0.39 is 0 Å². The van der Waals surface area contributed by atoms with Gasteiger partial charge in [0.25, 0.3) is 0 Å². The Morgan fingerprint density at radius 1 is 0.147 bits per heavy atom. The summed E-state index contributed by atoms with van der Waals surface area (Å²) >= 11 is 0. The number of pyridine rings is 3. The number of hydrogen-bond acceptors (Lipinski definition) is 11. The molecule has 16 aromatic carbocycles. The third-order valence-corrected chi connectivity index (χ3v) is 25.8. The molecule has 28 rings (SSSR count). The highest BCUT2D eigenvalue weighted by molar-refractivity contribution is 6.22. The molecule has 0 amide bonds. The third kappa shape index (κ3) is 13.3. The van der Waals surface area contributed by atoms with E-state index in [4.69, 9.17) is 54.8 Å². The van der Waals surface area contributed by atoms with Crippen molar-refractivity contribution in [3.05, 3.63) is 455 Å². The fourth-order valence-corrected chi connectivity index (χ4v) is 19.7. The van der Waals surface area contributed by atoms with Crippen molar-refractivity contribution in [1.29, 1.82) is 0 Å². The average Bonchev–Trinajstić information content (AvgIpc) is 1.56. The van der Waals surface area contributed by atoms with Gasteiger partial charge in [-0.2, -0.15) is 19.9 Å². The first-order valence-electron chi connectivity index (χ1n) is 45.3. The maximum Gasteiger partial charge on any atom is 0.240 e. The Kier molecular flexibility index (Phi) is 18.8. The molecule has 12 heterocycles. The SMILES string of the molecule is c1ccc(-c2ccc(-c3nc(-c4ccccc4)nc(-n4c5cc6c7ccccc7n(-c7ccccc7)c6cc5c5cccnc54)n3)cc2)cc1.c1ccc(-c2nc(-c3ccccc3)nc(-n3c4cc5c6ccccc6n(-c6ccccc6)c5cc4c4cccnc43)n2)cc1.c1ccc(-c2nc(-n3c4cc5c6ccccc6n(-c6ccccc6)c5cc4c4cccnc43)nc3ccccc23)cc1. The molecule has 28 aromatic rings. The number of fused-ring (bicyclic) bond motifs is 19. The van der Waals surface area contributed by atoms with Crippen molar-refractivity contribution >= 4 is 142 Å². The normalized spacial score (nSPS) is 11.7. The Morgan fingerprint density at radius 3 is 0.735 bits per heavy atom. The van der Waals surface area contributed by atoms with Gasteiger partial charge in [0.1, 0.15) is 16.9 Å². The predicted octanol–water partition coefficient (Wildman–Crippen LogP) is 28.1.